The molecule has 0 saturated heterocycles. The number of methoxy groups -OCH3 is 1. The Morgan fingerprint density at radius 3 is 2.07 bits per heavy atom. The Labute approximate surface area is 199 Å². The van der Waals surface area contributed by atoms with Crippen molar-refractivity contribution in [1.29, 1.82) is 0 Å². The molecule has 0 aliphatic rings. The van der Waals surface area contributed by atoms with Crippen LogP contribution in [0.5, 0.6) is 5.75 Å². The van der Waals surface area contributed by atoms with E-state index in [9.17, 15) is 22.6 Å². The van der Waals surface area contributed by atoms with Crippen molar-refractivity contribution in [2.45, 2.75) is 11.8 Å². The van der Waals surface area contributed by atoms with Crippen LogP contribution in [0.1, 0.15) is 28.4 Å². The molecule has 136 valence electrons. The first-order valence-electron chi connectivity index (χ1n) is 7.35. The van der Waals surface area contributed by atoms with Crippen molar-refractivity contribution in [3.63, 3.8) is 0 Å². The minimum absolute atomic E-state index is 0. The molecule has 0 fully saturated rings. The molecule has 2 aromatic carbocycles. The first kappa shape index (κ1) is 23.7. The molecule has 0 N–H and O–H groups in total. The zero-order valence-electron chi connectivity index (χ0n) is 15.0. The fraction of sp³-hybridized carbons (Fsp3) is 0.111. The predicted octanol–water partition coefficient (Wildman–Crippen LogP) is -0.523. The topological polar surface area (TPSA) is 110 Å². The van der Waals surface area contributed by atoms with Crippen molar-refractivity contribution < 1.29 is 83.4 Å². The number of carbonyl (C=O) groups excluding carboxylic acids is 2. The van der Waals surface area contributed by atoms with E-state index < -0.39 is 22.1 Å². The summed E-state index contributed by atoms with van der Waals surface area (Å²) in [7, 11) is -3.27. The molecule has 0 amide bonds. The summed E-state index contributed by atoms with van der Waals surface area (Å²) in [6.45, 7) is 1.22. The number of hydrogen-bond donors (Lipinski definition) is 0. The molecule has 2 aromatic rings. The zero-order valence-corrected chi connectivity index (χ0v) is 18.9. The van der Waals surface area contributed by atoms with E-state index in [-0.39, 0.29) is 67.6 Å². The van der Waals surface area contributed by atoms with Gasteiger partial charge in [0.2, 0.25) is 0 Å². The van der Waals surface area contributed by atoms with Crippen LogP contribution in [-0.4, -0.2) is 32.0 Å². The first-order chi connectivity index (χ1) is 12.2. The van der Waals surface area contributed by atoms with Gasteiger partial charge >= 0.3 is 63.3 Å². The van der Waals surface area contributed by atoms with E-state index in [2.05, 4.69) is 4.74 Å². The molecule has 7 nitrogen and oxygen atoms in total. The fourth-order valence-corrected chi connectivity index (χ4v) is 2.57. The average molecular weight is 414 g/mol. The van der Waals surface area contributed by atoms with Crippen molar-refractivity contribution in [3.05, 3.63) is 59.2 Å². The van der Waals surface area contributed by atoms with Crippen LogP contribution in [0.4, 0.5) is 0 Å². The maximum Gasteiger partial charge on any atom is 1.00 e. The molecular formula is C18H15KO7S. The van der Waals surface area contributed by atoms with Crippen LogP contribution in [0.25, 0.3) is 12.2 Å². The minimum Gasteiger partial charge on any atom is -0.744 e. The summed E-state index contributed by atoms with van der Waals surface area (Å²) < 4.78 is 42.4. The standard InChI is InChI=1S/C18H16O7S.K/c1-12(19)25-17-10-7-14(11-16(17)18(20)24-2)4-3-13-5-8-15(9-6-13)26(21,22)23;/h3-11H,1-2H3,(H,21,22,23);/q;+1/p-1. The first-order valence-corrected chi connectivity index (χ1v) is 8.76. The van der Waals surface area contributed by atoms with E-state index in [1.165, 1.54) is 50.4 Å². The van der Waals surface area contributed by atoms with Gasteiger partial charge < -0.3 is 14.0 Å². The molecule has 0 spiro atoms. The zero-order chi connectivity index (χ0) is 19.3. The molecule has 0 heterocycles. The molecule has 0 atom stereocenters. The third-order valence-electron chi connectivity index (χ3n) is 3.30. The van der Waals surface area contributed by atoms with Crippen LogP contribution in [0.15, 0.2) is 47.4 Å². The van der Waals surface area contributed by atoms with Gasteiger partial charge in [-0.2, -0.15) is 0 Å². The smallest absolute Gasteiger partial charge is 0.744 e. The normalized spacial score (nSPS) is 10.9. The number of hydrogen-bond acceptors (Lipinski definition) is 7. The van der Waals surface area contributed by atoms with Gasteiger partial charge in [0, 0.05) is 6.92 Å². The van der Waals surface area contributed by atoms with Gasteiger partial charge in [-0.1, -0.05) is 30.4 Å². The summed E-state index contributed by atoms with van der Waals surface area (Å²) in [6.07, 6.45) is 3.34. The second kappa shape index (κ2) is 10.3. The Morgan fingerprint density at radius 1 is 1.00 bits per heavy atom. The predicted molar refractivity (Wildman–Crippen MR) is 92.4 cm³/mol. The molecule has 9 heteroatoms. The molecule has 0 unspecified atom stereocenters. The molecular weight excluding hydrogens is 399 g/mol. The van der Waals surface area contributed by atoms with E-state index in [4.69, 9.17) is 4.74 Å². The van der Waals surface area contributed by atoms with Gasteiger partial charge in [-0.05, 0) is 35.4 Å². The van der Waals surface area contributed by atoms with Crippen LogP contribution in [0, 0.1) is 0 Å². The van der Waals surface area contributed by atoms with Gasteiger partial charge in [0.25, 0.3) is 0 Å². The van der Waals surface area contributed by atoms with Crippen molar-refractivity contribution >= 4 is 34.2 Å². The van der Waals surface area contributed by atoms with Gasteiger partial charge in [0.05, 0.1) is 12.0 Å². The number of benzene rings is 2. The number of carbonyl (C=O) groups is 2. The van der Waals surface area contributed by atoms with Gasteiger partial charge in [-0.25, -0.2) is 13.2 Å². The summed E-state index contributed by atoms with van der Waals surface area (Å²) in [5.41, 5.74) is 1.38. The van der Waals surface area contributed by atoms with Crippen molar-refractivity contribution in [2.24, 2.45) is 0 Å². The second-order valence-corrected chi connectivity index (χ2v) is 6.58. The molecule has 0 aromatic heterocycles. The third kappa shape index (κ3) is 6.96. The largest absolute Gasteiger partial charge is 1.00 e. The monoisotopic (exact) mass is 414 g/mol. The Balaban J connectivity index is 0.00000364. The Kier molecular flexibility index (Phi) is 9.02. The van der Waals surface area contributed by atoms with Gasteiger partial charge in [0.1, 0.15) is 21.4 Å². The van der Waals surface area contributed by atoms with E-state index in [1.54, 1.807) is 18.2 Å². The van der Waals surface area contributed by atoms with Gasteiger partial charge in [-0.3, -0.25) is 4.79 Å². The SMILES string of the molecule is COC(=O)c1cc(C=Cc2ccc(S(=O)(=O)[O-])cc2)ccc1OC(C)=O.[K+]. The summed E-state index contributed by atoms with van der Waals surface area (Å²) in [5, 5.41) is 0. The van der Waals surface area contributed by atoms with Crippen LogP contribution in [0.2, 0.25) is 0 Å². The Morgan fingerprint density at radius 2 is 1.56 bits per heavy atom. The maximum absolute atomic E-state index is 11.8. The van der Waals surface area contributed by atoms with E-state index >= 15 is 0 Å². The Bertz CT molecular complexity index is 964. The summed E-state index contributed by atoms with van der Waals surface area (Å²) in [6, 6.07) is 10.00. The molecule has 0 radical (unpaired) electrons. The molecule has 0 saturated carbocycles. The van der Waals surface area contributed by atoms with E-state index in [0.717, 1.165) is 0 Å². The fourth-order valence-electron chi connectivity index (χ4n) is 2.10. The van der Waals surface area contributed by atoms with Crippen LogP contribution in [-0.2, 0) is 19.6 Å². The summed E-state index contributed by atoms with van der Waals surface area (Å²) >= 11 is 0. The minimum atomic E-state index is -4.49. The van der Waals surface area contributed by atoms with Gasteiger partial charge in [-0.15, -0.1) is 0 Å². The van der Waals surface area contributed by atoms with E-state index in [0.29, 0.717) is 11.1 Å². The quantitative estimate of drug-likeness (QED) is 0.213. The van der Waals surface area contributed by atoms with Crippen LogP contribution >= 0.6 is 0 Å². The van der Waals surface area contributed by atoms with Crippen LogP contribution < -0.4 is 56.1 Å². The average Bonchev–Trinajstić information content (AvgIpc) is 2.59. The summed E-state index contributed by atoms with van der Waals surface area (Å²) in [5.74, 6) is -1.13. The Hall–Kier alpha value is -1.33. The number of ether oxygens (including phenoxy) is 2. The molecule has 0 aliphatic carbocycles. The van der Waals surface area contributed by atoms with Crippen molar-refractivity contribution in [2.75, 3.05) is 7.11 Å². The third-order valence-corrected chi connectivity index (χ3v) is 4.15. The summed E-state index contributed by atoms with van der Waals surface area (Å²) in [4.78, 5) is 22.7. The molecule has 0 bridgehead atoms. The van der Waals surface area contributed by atoms with Crippen molar-refractivity contribution in [1.82, 2.24) is 0 Å². The molecule has 27 heavy (non-hydrogen) atoms. The van der Waals surface area contributed by atoms with Crippen molar-refractivity contribution in [3.8, 4) is 5.75 Å². The number of esters is 2. The molecule has 2 rings (SSSR count). The second-order valence-electron chi connectivity index (χ2n) is 5.20. The van der Waals surface area contributed by atoms with Crippen LogP contribution in [0.3, 0.4) is 0 Å². The number of rotatable bonds is 5. The molecule has 0 aliphatic heterocycles. The van der Waals surface area contributed by atoms with Gasteiger partial charge in [0.15, 0.2) is 0 Å². The van der Waals surface area contributed by atoms with E-state index in [1.807, 2.05) is 0 Å². The maximum atomic E-state index is 11.8.